The molecule has 0 saturated heterocycles. The lowest BCUT2D eigenvalue weighted by Gasteiger charge is -2.16. The average Bonchev–Trinajstić information content (AvgIpc) is 2.39. The molecule has 0 saturated carbocycles. The van der Waals surface area contributed by atoms with Crippen molar-refractivity contribution in [2.24, 2.45) is 5.84 Å². The second-order valence-corrected chi connectivity index (χ2v) is 5.59. The molecule has 0 amide bonds. The number of hydrazine groups is 1. The van der Waals surface area contributed by atoms with E-state index in [-0.39, 0.29) is 4.90 Å². The molecule has 0 fully saturated rings. The third-order valence-electron chi connectivity index (χ3n) is 2.35. The van der Waals surface area contributed by atoms with Gasteiger partial charge >= 0.3 is 0 Å². The summed E-state index contributed by atoms with van der Waals surface area (Å²) in [5.41, 5.74) is 2.34. The van der Waals surface area contributed by atoms with E-state index in [0.717, 1.165) is 0 Å². The summed E-state index contributed by atoms with van der Waals surface area (Å²) in [7, 11) is -2.02. The molecule has 0 aliphatic carbocycles. The lowest BCUT2D eigenvalue weighted by Crippen LogP contribution is -2.30. The summed E-state index contributed by atoms with van der Waals surface area (Å²) in [6.45, 7) is 3.08. The summed E-state index contributed by atoms with van der Waals surface area (Å²) < 4.78 is 30.6. The van der Waals surface area contributed by atoms with E-state index >= 15 is 0 Å². The highest BCUT2D eigenvalue weighted by Gasteiger charge is 2.20. The Morgan fingerprint density at radius 1 is 1.50 bits per heavy atom. The molecule has 18 heavy (non-hydrogen) atoms. The number of nitrogens with two attached hydrogens (primary N) is 1. The average molecular weight is 274 g/mol. The number of likely N-dealkylation sites (N-methyl/N-ethyl adjacent to an activating group) is 1. The molecule has 3 N–H and O–H groups in total. The van der Waals surface area contributed by atoms with Gasteiger partial charge in [0.15, 0.2) is 0 Å². The first-order valence-electron chi connectivity index (χ1n) is 5.49. The number of nitrogens with one attached hydrogen (secondary N) is 1. The van der Waals surface area contributed by atoms with Crippen molar-refractivity contribution in [2.75, 3.05) is 32.2 Å². The first-order valence-corrected chi connectivity index (χ1v) is 6.93. The van der Waals surface area contributed by atoms with Crippen molar-refractivity contribution in [1.82, 2.24) is 9.29 Å². The quantitative estimate of drug-likeness (QED) is 0.413. The minimum Gasteiger partial charge on any atom is -0.380 e. The highest BCUT2D eigenvalue weighted by molar-refractivity contribution is 7.89. The van der Waals surface area contributed by atoms with Crippen LogP contribution in [0.1, 0.15) is 6.92 Å². The first kappa shape index (κ1) is 14.8. The lowest BCUT2D eigenvalue weighted by atomic mass is 10.5. The van der Waals surface area contributed by atoms with Crippen LogP contribution in [-0.4, -0.2) is 44.5 Å². The second-order valence-electron chi connectivity index (χ2n) is 3.55. The minimum atomic E-state index is -3.52. The number of hydrogen-bond donors (Lipinski definition) is 2. The zero-order chi connectivity index (χ0) is 13.6. The minimum absolute atomic E-state index is 0.125. The standard InChI is InChI=1S/C10H18N4O3S/c1-3-17-7-6-14(2)18(15,16)9-4-5-10(13-11)12-8-9/h4-5,8H,3,6-7,11H2,1-2H3,(H,12,13). The third-order valence-corrected chi connectivity index (χ3v) is 4.19. The molecule has 0 aromatic carbocycles. The van der Waals surface area contributed by atoms with Crippen LogP contribution in [0.15, 0.2) is 23.2 Å². The van der Waals surface area contributed by atoms with Gasteiger partial charge in [-0.1, -0.05) is 0 Å². The number of rotatable bonds is 7. The molecule has 0 bridgehead atoms. The van der Waals surface area contributed by atoms with E-state index in [9.17, 15) is 8.42 Å². The molecule has 0 atom stereocenters. The molecule has 1 heterocycles. The number of sulfonamides is 1. The van der Waals surface area contributed by atoms with Gasteiger partial charge in [0.1, 0.15) is 10.7 Å². The fraction of sp³-hybridized carbons (Fsp3) is 0.500. The Morgan fingerprint density at radius 2 is 2.22 bits per heavy atom. The van der Waals surface area contributed by atoms with Crippen molar-refractivity contribution in [1.29, 1.82) is 0 Å². The van der Waals surface area contributed by atoms with Gasteiger partial charge in [0.25, 0.3) is 0 Å². The van der Waals surface area contributed by atoms with Crippen LogP contribution >= 0.6 is 0 Å². The molecule has 0 aliphatic rings. The van der Waals surface area contributed by atoms with Crippen molar-refractivity contribution in [3.8, 4) is 0 Å². The SMILES string of the molecule is CCOCCN(C)S(=O)(=O)c1ccc(NN)nc1. The number of hydrogen-bond acceptors (Lipinski definition) is 6. The Labute approximate surface area is 107 Å². The van der Waals surface area contributed by atoms with Gasteiger partial charge in [-0.05, 0) is 19.1 Å². The van der Waals surface area contributed by atoms with Gasteiger partial charge in [-0.25, -0.2) is 19.2 Å². The molecule has 1 aromatic rings. The number of anilines is 1. The monoisotopic (exact) mass is 274 g/mol. The van der Waals surface area contributed by atoms with Crippen molar-refractivity contribution in [3.05, 3.63) is 18.3 Å². The maximum Gasteiger partial charge on any atom is 0.244 e. The van der Waals surface area contributed by atoms with Gasteiger partial charge in [-0.15, -0.1) is 0 Å². The smallest absolute Gasteiger partial charge is 0.244 e. The molecule has 0 spiro atoms. The van der Waals surface area contributed by atoms with Crippen molar-refractivity contribution >= 4 is 15.8 Å². The molecular formula is C10H18N4O3S. The number of nitrogens with zero attached hydrogens (tertiary/aromatic N) is 2. The lowest BCUT2D eigenvalue weighted by molar-refractivity contribution is 0.138. The zero-order valence-electron chi connectivity index (χ0n) is 10.5. The number of aromatic nitrogens is 1. The predicted octanol–water partition coefficient (Wildman–Crippen LogP) is 0.0242. The summed E-state index contributed by atoms with van der Waals surface area (Å²) in [6.07, 6.45) is 1.27. The third kappa shape index (κ3) is 3.64. The number of ether oxygens (including phenoxy) is 1. The molecule has 7 nitrogen and oxygen atoms in total. The first-order chi connectivity index (χ1) is 8.52. The van der Waals surface area contributed by atoms with Crippen LogP contribution < -0.4 is 11.3 Å². The molecule has 1 rings (SSSR count). The van der Waals surface area contributed by atoms with Crippen LogP contribution in [0.2, 0.25) is 0 Å². The molecule has 102 valence electrons. The molecule has 0 unspecified atom stereocenters. The second kappa shape index (κ2) is 6.64. The summed E-state index contributed by atoms with van der Waals surface area (Å²) in [4.78, 5) is 3.99. The molecule has 8 heteroatoms. The van der Waals surface area contributed by atoms with Gasteiger partial charge in [0, 0.05) is 26.4 Å². The Bertz CT molecular complexity index is 461. The maximum atomic E-state index is 12.1. The van der Waals surface area contributed by atoms with Crippen LogP contribution in [-0.2, 0) is 14.8 Å². The Hall–Kier alpha value is -1.22. The van der Waals surface area contributed by atoms with E-state index in [1.54, 1.807) is 0 Å². The van der Waals surface area contributed by atoms with Crippen molar-refractivity contribution < 1.29 is 13.2 Å². The van der Waals surface area contributed by atoms with E-state index in [1.807, 2.05) is 6.92 Å². The Kier molecular flexibility index (Phi) is 5.48. The van der Waals surface area contributed by atoms with Crippen molar-refractivity contribution in [3.63, 3.8) is 0 Å². The van der Waals surface area contributed by atoms with E-state index in [4.69, 9.17) is 10.6 Å². The van der Waals surface area contributed by atoms with Crippen LogP contribution in [0, 0.1) is 0 Å². The predicted molar refractivity (Wildman–Crippen MR) is 68.4 cm³/mol. The van der Waals surface area contributed by atoms with Gasteiger partial charge in [0.2, 0.25) is 10.0 Å². The van der Waals surface area contributed by atoms with Gasteiger partial charge < -0.3 is 10.2 Å². The highest BCUT2D eigenvalue weighted by atomic mass is 32.2. The number of nitrogen functional groups attached to an aromatic ring is 1. The van der Waals surface area contributed by atoms with E-state index in [0.29, 0.717) is 25.6 Å². The van der Waals surface area contributed by atoms with Crippen LogP contribution in [0.3, 0.4) is 0 Å². The van der Waals surface area contributed by atoms with Crippen LogP contribution in [0.25, 0.3) is 0 Å². The summed E-state index contributed by atoms with van der Waals surface area (Å²) in [6, 6.07) is 2.96. The Balaban J connectivity index is 2.77. The topological polar surface area (TPSA) is 97.5 Å². The van der Waals surface area contributed by atoms with E-state index in [2.05, 4.69) is 10.4 Å². The highest BCUT2D eigenvalue weighted by Crippen LogP contribution is 2.14. The normalized spacial score (nSPS) is 11.8. The van der Waals surface area contributed by atoms with Gasteiger partial charge in [-0.3, -0.25) is 0 Å². The van der Waals surface area contributed by atoms with E-state index in [1.165, 1.54) is 29.7 Å². The zero-order valence-corrected chi connectivity index (χ0v) is 11.3. The molecule has 0 aliphatic heterocycles. The molecular weight excluding hydrogens is 256 g/mol. The Morgan fingerprint density at radius 3 is 2.72 bits per heavy atom. The number of pyridine rings is 1. The van der Waals surface area contributed by atoms with Crippen LogP contribution in [0.4, 0.5) is 5.82 Å². The summed E-state index contributed by atoms with van der Waals surface area (Å²) in [5, 5.41) is 0. The maximum absolute atomic E-state index is 12.1. The van der Waals surface area contributed by atoms with Crippen LogP contribution in [0.5, 0.6) is 0 Å². The summed E-state index contributed by atoms with van der Waals surface area (Å²) >= 11 is 0. The fourth-order valence-corrected chi connectivity index (χ4v) is 2.36. The van der Waals surface area contributed by atoms with Gasteiger partial charge in [0.05, 0.1) is 6.61 Å². The van der Waals surface area contributed by atoms with Crippen molar-refractivity contribution in [2.45, 2.75) is 11.8 Å². The largest absolute Gasteiger partial charge is 0.380 e. The fourth-order valence-electron chi connectivity index (χ4n) is 1.26. The van der Waals surface area contributed by atoms with Gasteiger partial charge in [-0.2, -0.15) is 4.31 Å². The molecule has 1 aromatic heterocycles. The summed E-state index contributed by atoms with van der Waals surface area (Å²) in [5.74, 6) is 5.57. The van der Waals surface area contributed by atoms with E-state index < -0.39 is 10.0 Å². The molecule has 0 radical (unpaired) electrons.